The molecule has 0 aliphatic carbocycles. The monoisotopic (exact) mass is 369 g/mol. The highest BCUT2D eigenvalue weighted by atomic mass is 79.9. The lowest BCUT2D eigenvalue weighted by molar-refractivity contribution is 0.263. The summed E-state index contributed by atoms with van der Waals surface area (Å²) in [5, 5.41) is 5.40. The molecule has 0 saturated heterocycles. The fourth-order valence-electron chi connectivity index (χ4n) is 2.19. The van der Waals surface area contributed by atoms with Gasteiger partial charge in [0.15, 0.2) is 0 Å². The van der Waals surface area contributed by atoms with Crippen molar-refractivity contribution in [2.45, 2.75) is 20.3 Å². The Balaban J connectivity index is 2.02. The first kappa shape index (κ1) is 14.3. The Bertz CT molecular complexity index is 730. The van der Waals surface area contributed by atoms with Gasteiger partial charge in [-0.05, 0) is 24.8 Å². The zero-order valence-corrected chi connectivity index (χ0v) is 14.7. The zero-order chi connectivity index (χ0) is 14.1. The van der Waals surface area contributed by atoms with Gasteiger partial charge in [0.05, 0.1) is 26.5 Å². The van der Waals surface area contributed by atoms with Gasteiger partial charge in [-0.1, -0.05) is 22.9 Å². The number of benzene rings is 1. The van der Waals surface area contributed by atoms with E-state index in [4.69, 9.17) is 4.74 Å². The third-order valence-electron chi connectivity index (χ3n) is 3.44. The second-order valence-corrected chi connectivity index (χ2v) is 7.66. The molecule has 0 bridgehead atoms. The third-order valence-corrected chi connectivity index (χ3v) is 6.19. The lowest BCUT2D eigenvalue weighted by Crippen LogP contribution is -2.12. The molecule has 3 rings (SSSR count). The van der Waals surface area contributed by atoms with Crippen LogP contribution in [0.15, 0.2) is 17.5 Å². The Morgan fingerprint density at radius 3 is 3.05 bits per heavy atom. The molecule has 106 valence electrons. The number of alkyl halides is 1. The maximum Gasteiger partial charge on any atom is 0.129 e. The Hall–Kier alpha value is -0.650. The number of nitrogens with zero attached hydrogens (tertiary/aromatic N) is 1. The highest BCUT2D eigenvalue weighted by Crippen LogP contribution is 2.39. The second-order valence-electron chi connectivity index (χ2n) is 4.86. The van der Waals surface area contributed by atoms with Gasteiger partial charge in [-0.3, -0.25) is 0 Å². The van der Waals surface area contributed by atoms with Crippen molar-refractivity contribution in [1.29, 1.82) is 0 Å². The number of hydrogen-bond acceptors (Lipinski definition) is 4. The molecule has 1 aromatic carbocycles. The van der Waals surface area contributed by atoms with Crippen molar-refractivity contribution in [3.63, 3.8) is 0 Å². The number of rotatable bonds is 5. The van der Waals surface area contributed by atoms with E-state index < -0.39 is 0 Å². The van der Waals surface area contributed by atoms with E-state index in [9.17, 15) is 0 Å². The van der Waals surface area contributed by atoms with Crippen LogP contribution in [-0.2, 0) is 0 Å². The molecular formula is C15H16BrNOS2. The molecule has 0 fully saturated rings. The summed E-state index contributed by atoms with van der Waals surface area (Å²) in [5.41, 5.74) is 1.12. The average molecular weight is 370 g/mol. The molecule has 0 amide bonds. The van der Waals surface area contributed by atoms with E-state index in [1.807, 2.05) is 0 Å². The molecule has 0 radical (unpaired) electrons. The lowest BCUT2D eigenvalue weighted by Gasteiger charge is -2.14. The Morgan fingerprint density at radius 2 is 2.30 bits per heavy atom. The molecule has 0 saturated carbocycles. The van der Waals surface area contributed by atoms with E-state index in [1.54, 1.807) is 22.7 Å². The topological polar surface area (TPSA) is 22.1 Å². The molecule has 2 aromatic heterocycles. The number of fused-ring (bicyclic) bond motifs is 3. The summed E-state index contributed by atoms with van der Waals surface area (Å²) < 4.78 is 8.56. The molecule has 5 heteroatoms. The number of halogens is 1. The predicted octanol–water partition coefficient (Wildman–Crippen LogP) is 5.62. The van der Waals surface area contributed by atoms with Crippen LogP contribution in [0.5, 0.6) is 5.75 Å². The fraction of sp³-hybridized carbons (Fsp3) is 0.400. The molecule has 1 atom stereocenters. The summed E-state index contributed by atoms with van der Waals surface area (Å²) in [7, 11) is 0. The molecule has 0 spiro atoms. The van der Waals surface area contributed by atoms with Crippen LogP contribution in [0.3, 0.4) is 0 Å². The molecular weight excluding hydrogens is 354 g/mol. The number of aromatic nitrogens is 1. The van der Waals surface area contributed by atoms with E-state index in [1.165, 1.54) is 14.8 Å². The van der Waals surface area contributed by atoms with E-state index in [0.29, 0.717) is 5.92 Å². The van der Waals surface area contributed by atoms with Gasteiger partial charge in [-0.25, -0.2) is 4.98 Å². The van der Waals surface area contributed by atoms with E-state index in [-0.39, 0.29) is 0 Å². The van der Waals surface area contributed by atoms with Gasteiger partial charge in [-0.15, -0.1) is 22.7 Å². The Kier molecular flexibility index (Phi) is 4.29. The van der Waals surface area contributed by atoms with Crippen LogP contribution in [-0.4, -0.2) is 16.9 Å². The molecule has 0 aliphatic heterocycles. The maximum atomic E-state index is 6.09. The minimum absolute atomic E-state index is 0.558. The van der Waals surface area contributed by atoms with Crippen molar-refractivity contribution >= 4 is 58.9 Å². The zero-order valence-electron chi connectivity index (χ0n) is 11.5. The number of hydrogen-bond donors (Lipinski definition) is 0. The van der Waals surface area contributed by atoms with Crippen molar-refractivity contribution in [3.05, 3.63) is 22.5 Å². The predicted molar refractivity (Wildman–Crippen MR) is 92.8 cm³/mol. The van der Waals surface area contributed by atoms with E-state index in [0.717, 1.165) is 34.6 Å². The SMILES string of the molecule is CCC(CBr)COc1cc2sc(C)nc2c2sccc12. The molecule has 0 aliphatic rings. The number of thiazole rings is 1. The second kappa shape index (κ2) is 6.00. The largest absolute Gasteiger partial charge is 0.493 e. The van der Waals surface area contributed by atoms with E-state index in [2.05, 4.69) is 52.3 Å². The van der Waals surface area contributed by atoms with Crippen LogP contribution in [0.1, 0.15) is 18.4 Å². The van der Waals surface area contributed by atoms with Crippen LogP contribution < -0.4 is 4.74 Å². The molecule has 20 heavy (non-hydrogen) atoms. The molecule has 1 unspecified atom stereocenters. The standard InChI is InChI=1S/C15H16BrNOS2/c1-3-10(7-16)8-18-12-6-13-14(17-9(2)20-13)15-11(12)4-5-19-15/h4-6,10H,3,7-8H2,1-2H3. The van der Waals surface area contributed by atoms with Gasteiger partial charge in [0, 0.05) is 22.7 Å². The van der Waals surface area contributed by atoms with Crippen molar-refractivity contribution in [2.24, 2.45) is 5.92 Å². The quantitative estimate of drug-likeness (QED) is 0.544. The summed E-state index contributed by atoms with van der Waals surface area (Å²) >= 11 is 7.03. The van der Waals surface area contributed by atoms with Crippen LogP contribution in [0, 0.1) is 12.8 Å². The maximum absolute atomic E-state index is 6.09. The van der Waals surface area contributed by atoms with Crippen LogP contribution >= 0.6 is 38.6 Å². The Labute approximate surface area is 134 Å². The summed E-state index contributed by atoms with van der Waals surface area (Å²) in [5.74, 6) is 1.55. The summed E-state index contributed by atoms with van der Waals surface area (Å²) in [6.45, 7) is 5.02. The highest BCUT2D eigenvalue weighted by Gasteiger charge is 2.13. The minimum Gasteiger partial charge on any atom is -0.493 e. The first-order chi connectivity index (χ1) is 9.72. The third kappa shape index (κ3) is 2.59. The molecule has 2 heterocycles. The van der Waals surface area contributed by atoms with Gasteiger partial charge >= 0.3 is 0 Å². The van der Waals surface area contributed by atoms with Crippen molar-refractivity contribution < 1.29 is 4.74 Å². The van der Waals surface area contributed by atoms with Gasteiger partial charge in [0.25, 0.3) is 0 Å². The smallest absolute Gasteiger partial charge is 0.129 e. The molecule has 3 aromatic rings. The molecule has 0 N–H and O–H groups in total. The van der Waals surface area contributed by atoms with Crippen molar-refractivity contribution in [2.75, 3.05) is 11.9 Å². The minimum atomic E-state index is 0.558. The summed E-state index contributed by atoms with van der Waals surface area (Å²) in [4.78, 5) is 4.65. The number of thiophene rings is 1. The average Bonchev–Trinajstić information content (AvgIpc) is 3.04. The summed E-state index contributed by atoms with van der Waals surface area (Å²) in [6, 6.07) is 4.29. The van der Waals surface area contributed by atoms with Crippen molar-refractivity contribution in [3.8, 4) is 5.75 Å². The lowest BCUT2D eigenvalue weighted by atomic mass is 10.1. The molecule has 2 nitrogen and oxygen atoms in total. The number of ether oxygens (including phenoxy) is 1. The van der Waals surface area contributed by atoms with Gasteiger partial charge in [-0.2, -0.15) is 0 Å². The van der Waals surface area contributed by atoms with Crippen LogP contribution in [0.2, 0.25) is 0 Å². The van der Waals surface area contributed by atoms with Crippen molar-refractivity contribution in [1.82, 2.24) is 4.98 Å². The Morgan fingerprint density at radius 1 is 1.45 bits per heavy atom. The van der Waals surface area contributed by atoms with E-state index >= 15 is 0 Å². The van der Waals surface area contributed by atoms with Crippen LogP contribution in [0.25, 0.3) is 20.3 Å². The number of aryl methyl sites for hydroxylation is 1. The van der Waals surface area contributed by atoms with Gasteiger partial charge in [0.2, 0.25) is 0 Å². The van der Waals surface area contributed by atoms with Gasteiger partial charge < -0.3 is 4.74 Å². The van der Waals surface area contributed by atoms with Crippen LogP contribution in [0.4, 0.5) is 0 Å². The van der Waals surface area contributed by atoms with Gasteiger partial charge in [0.1, 0.15) is 5.75 Å². The fourth-order valence-corrected chi connectivity index (χ4v) is 4.66. The normalized spacial score (nSPS) is 13.2. The first-order valence-corrected chi connectivity index (χ1v) is 9.50. The first-order valence-electron chi connectivity index (χ1n) is 6.69. The summed E-state index contributed by atoms with van der Waals surface area (Å²) in [6.07, 6.45) is 1.12. The highest BCUT2D eigenvalue weighted by molar-refractivity contribution is 9.09.